The van der Waals surface area contributed by atoms with Gasteiger partial charge in [0.1, 0.15) is 0 Å². The van der Waals surface area contributed by atoms with Crippen LogP contribution in [-0.4, -0.2) is 34.7 Å². The molecule has 0 atom stereocenters. The van der Waals surface area contributed by atoms with Gasteiger partial charge in [0.25, 0.3) is 5.91 Å². The van der Waals surface area contributed by atoms with Crippen LogP contribution in [0.5, 0.6) is 0 Å². The molecule has 4 heteroatoms. The first kappa shape index (κ1) is 15.8. The van der Waals surface area contributed by atoms with E-state index in [4.69, 9.17) is 0 Å². The van der Waals surface area contributed by atoms with E-state index in [2.05, 4.69) is 12.1 Å². The monoisotopic (exact) mass is 312 g/mol. The van der Waals surface area contributed by atoms with Crippen molar-refractivity contribution in [2.24, 2.45) is 5.92 Å². The number of hydrogen-bond acceptors (Lipinski definition) is 3. The van der Waals surface area contributed by atoms with Crippen LogP contribution in [0.25, 0.3) is 0 Å². The Labute approximate surface area is 137 Å². The van der Waals surface area contributed by atoms with Gasteiger partial charge < -0.3 is 4.90 Å². The van der Waals surface area contributed by atoms with Gasteiger partial charge in [-0.1, -0.05) is 49.6 Å². The van der Waals surface area contributed by atoms with Crippen LogP contribution in [-0.2, 0) is 16.0 Å². The Morgan fingerprint density at radius 1 is 1.04 bits per heavy atom. The van der Waals surface area contributed by atoms with Gasteiger partial charge in [0.2, 0.25) is 5.91 Å². The first-order chi connectivity index (χ1) is 11.2. The van der Waals surface area contributed by atoms with Crippen molar-refractivity contribution in [2.45, 2.75) is 38.5 Å². The van der Waals surface area contributed by atoms with Crippen molar-refractivity contribution in [1.29, 1.82) is 0 Å². The lowest BCUT2D eigenvalue weighted by Crippen LogP contribution is -2.45. The zero-order chi connectivity index (χ0) is 16.1. The highest BCUT2D eigenvalue weighted by Crippen LogP contribution is 2.26. The van der Waals surface area contributed by atoms with Gasteiger partial charge in [-0.05, 0) is 24.8 Å². The number of hydrogen-bond donors (Lipinski definition) is 0. The van der Waals surface area contributed by atoms with Crippen molar-refractivity contribution in [1.82, 2.24) is 9.80 Å². The van der Waals surface area contributed by atoms with Crippen molar-refractivity contribution in [3.05, 3.63) is 48.3 Å². The highest BCUT2D eigenvalue weighted by molar-refractivity contribution is 5.99. The second-order valence-electron chi connectivity index (χ2n) is 6.44. The molecule has 1 fully saturated rings. The van der Waals surface area contributed by atoms with E-state index in [9.17, 15) is 9.59 Å². The van der Waals surface area contributed by atoms with E-state index in [0.717, 1.165) is 38.6 Å². The maximum Gasteiger partial charge on any atom is 0.252 e. The molecule has 1 aromatic rings. The minimum absolute atomic E-state index is 0.00587. The largest absolute Gasteiger partial charge is 0.366 e. The molecule has 0 radical (unpaired) electrons. The van der Waals surface area contributed by atoms with Crippen LogP contribution in [0, 0.1) is 5.92 Å². The van der Waals surface area contributed by atoms with E-state index >= 15 is 0 Å². The summed E-state index contributed by atoms with van der Waals surface area (Å²) in [5, 5.41) is 0. The number of carbonyl (C=O) groups excluding carboxylic acids is 2. The highest BCUT2D eigenvalue weighted by Gasteiger charge is 2.30. The third kappa shape index (κ3) is 4.01. The van der Waals surface area contributed by atoms with Crippen LogP contribution < -0.4 is 0 Å². The Hall–Kier alpha value is -2.10. The van der Waals surface area contributed by atoms with E-state index in [1.54, 1.807) is 6.20 Å². The molecule has 122 valence electrons. The smallest absolute Gasteiger partial charge is 0.252 e. The first-order valence-electron chi connectivity index (χ1n) is 8.56. The predicted octanol–water partition coefficient (Wildman–Crippen LogP) is 2.95. The van der Waals surface area contributed by atoms with E-state index in [1.807, 2.05) is 29.3 Å². The number of amides is 2. The van der Waals surface area contributed by atoms with Crippen molar-refractivity contribution >= 4 is 11.8 Å². The molecule has 0 N–H and O–H groups in total. The highest BCUT2D eigenvalue weighted by atomic mass is 16.2. The zero-order valence-electron chi connectivity index (χ0n) is 13.5. The fourth-order valence-electron chi connectivity index (χ4n) is 3.36. The second kappa shape index (κ2) is 7.44. The molecule has 0 aromatic heterocycles. The van der Waals surface area contributed by atoms with E-state index < -0.39 is 0 Å². The van der Waals surface area contributed by atoms with E-state index in [1.165, 1.54) is 16.9 Å². The lowest BCUT2D eigenvalue weighted by atomic mass is 9.88. The Balaban J connectivity index is 1.55. The van der Waals surface area contributed by atoms with Gasteiger partial charge in [-0.3, -0.25) is 14.5 Å². The topological polar surface area (TPSA) is 40.6 Å². The van der Waals surface area contributed by atoms with Crippen LogP contribution in [0.4, 0.5) is 0 Å². The standard InChI is InChI=1S/C19H24N2O2/c22-18-15-20(12-11-16-7-3-1-4-8-16)13-14-21(18)19(23)17-9-5-2-6-10-17/h1,3-4,7-8,13-14,17H,2,5-6,9-12,15H2. The zero-order valence-corrected chi connectivity index (χ0v) is 13.5. The summed E-state index contributed by atoms with van der Waals surface area (Å²) in [6.07, 6.45) is 9.70. The lowest BCUT2D eigenvalue weighted by Gasteiger charge is -2.31. The average Bonchev–Trinajstić information content (AvgIpc) is 2.61. The summed E-state index contributed by atoms with van der Waals surface area (Å²) >= 11 is 0. The molecule has 23 heavy (non-hydrogen) atoms. The van der Waals surface area contributed by atoms with Gasteiger partial charge in [0, 0.05) is 24.9 Å². The molecule has 1 heterocycles. The summed E-state index contributed by atoms with van der Waals surface area (Å²) in [5.74, 6) is -0.0713. The molecule has 1 saturated carbocycles. The quantitative estimate of drug-likeness (QED) is 0.803. The number of imide groups is 1. The van der Waals surface area contributed by atoms with Crippen LogP contribution in [0.1, 0.15) is 37.7 Å². The van der Waals surface area contributed by atoms with E-state index in [0.29, 0.717) is 6.54 Å². The maximum absolute atomic E-state index is 12.5. The fourth-order valence-corrected chi connectivity index (χ4v) is 3.36. The Kier molecular flexibility index (Phi) is 5.11. The predicted molar refractivity (Wildman–Crippen MR) is 89.3 cm³/mol. The summed E-state index contributed by atoms with van der Waals surface area (Å²) in [6, 6.07) is 10.2. The SMILES string of the molecule is O=C1CN(CCc2ccccc2)C=CN1C(=O)C1CCCCC1. The molecule has 0 saturated heterocycles. The molecule has 3 rings (SSSR count). The third-order valence-electron chi connectivity index (χ3n) is 4.76. The fraction of sp³-hybridized carbons (Fsp3) is 0.474. The van der Waals surface area contributed by atoms with Gasteiger partial charge in [-0.2, -0.15) is 0 Å². The average molecular weight is 312 g/mol. The molecule has 2 amide bonds. The van der Waals surface area contributed by atoms with Crippen LogP contribution in [0.15, 0.2) is 42.7 Å². The minimum Gasteiger partial charge on any atom is -0.366 e. The Morgan fingerprint density at radius 3 is 2.48 bits per heavy atom. The van der Waals surface area contributed by atoms with Gasteiger partial charge in [-0.15, -0.1) is 0 Å². The Bertz CT molecular complexity index is 576. The number of benzene rings is 1. The molecule has 0 spiro atoms. The van der Waals surface area contributed by atoms with Gasteiger partial charge in [-0.25, -0.2) is 0 Å². The number of nitrogens with zero attached hydrogens (tertiary/aromatic N) is 2. The summed E-state index contributed by atoms with van der Waals surface area (Å²) in [7, 11) is 0. The number of rotatable bonds is 4. The van der Waals surface area contributed by atoms with Crippen molar-refractivity contribution in [2.75, 3.05) is 13.1 Å². The minimum atomic E-state index is -0.101. The normalized spacial score (nSPS) is 19.2. The Morgan fingerprint density at radius 2 is 1.78 bits per heavy atom. The molecule has 2 aliphatic rings. The van der Waals surface area contributed by atoms with Gasteiger partial charge in [0.05, 0.1) is 6.54 Å². The maximum atomic E-state index is 12.5. The van der Waals surface area contributed by atoms with Crippen LogP contribution in [0.2, 0.25) is 0 Å². The summed E-state index contributed by atoms with van der Waals surface area (Å²) in [4.78, 5) is 28.1. The number of carbonyl (C=O) groups is 2. The molecule has 4 nitrogen and oxygen atoms in total. The molecule has 1 aliphatic carbocycles. The van der Waals surface area contributed by atoms with Crippen LogP contribution in [0.3, 0.4) is 0 Å². The van der Waals surface area contributed by atoms with Crippen molar-refractivity contribution in [3.63, 3.8) is 0 Å². The molecular formula is C19H24N2O2. The molecular weight excluding hydrogens is 288 g/mol. The van der Waals surface area contributed by atoms with E-state index in [-0.39, 0.29) is 17.7 Å². The third-order valence-corrected chi connectivity index (χ3v) is 4.76. The second-order valence-corrected chi connectivity index (χ2v) is 6.44. The summed E-state index contributed by atoms with van der Waals surface area (Å²) < 4.78 is 0. The molecule has 1 aromatic carbocycles. The van der Waals surface area contributed by atoms with Gasteiger partial charge in [0.15, 0.2) is 0 Å². The van der Waals surface area contributed by atoms with Crippen molar-refractivity contribution < 1.29 is 9.59 Å². The lowest BCUT2D eigenvalue weighted by molar-refractivity contribution is -0.145. The van der Waals surface area contributed by atoms with Crippen molar-refractivity contribution in [3.8, 4) is 0 Å². The molecule has 0 unspecified atom stereocenters. The molecule has 0 bridgehead atoms. The van der Waals surface area contributed by atoms with Crippen LogP contribution >= 0.6 is 0 Å². The summed E-state index contributed by atoms with van der Waals surface area (Å²) in [6.45, 7) is 1.08. The first-order valence-corrected chi connectivity index (χ1v) is 8.56. The van der Waals surface area contributed by atoms with Gasteiger partial charge >= 0.3 is 0 Å². The molecule has 1 aliphatic heterocycles. The summed E-state index contributed by atoms with van der Waals surface area (Å²) in [5.41, 5.74) is 1.26.